The van der Waals surface area contributed by atoms with Crippen molar-refractivity contribution in [3.8, 4) is 11.3 Å². The first-order valence-corrected chi connectivity index (χ1v) is 14.4. The summed E-state index contributed by atoms with van der Waals surface area (Å²) in [5.41, 5.74) is 7.22. The Kier molecular flexibility index (Phi) is 5.19. The van der Waals surface area contributed by atoms with Gasteiger partial charge in [-0.25, -0.2) is 4.57 Å². The maximum atomic E-state index is 2.50. The van der Waals surface area contributed by atoms with Crippen LogP contribution in [0.1, 0.15) is 62.1 Å². The van der Waals surface area contributed by atoms with Crippen LogP contribution in [0.4, 0.5) is 0 Å². The number of hydrogen-bond donors (Lipinski definition) is 0. The van der Waals surface area contributed by atoms with Gasteiger partial charge in [0.2, 0.25) is 5.69 Å². The summed E-state index contributed by atoms with van der Waals surface area (Å²) < 4.78 is 2.37. The number of nitrogens with zero attached hydrogens (tertiary/aromatic N) is 1. The van der Waals surface area contributed by atoms with Crippen LogP contribution in [-0.4, -0.2) is 0 Å². The van der Waals surface area contributed by atoms with Gasteiger partial charge in [-0.3, -0.25) is 0 Å². The molecule has 0 radical (unpaired) electrons. The first-order valence-electron chi connectivity index (χ1n) is 13.6. The molecule has 0 saturated heterocycles. The highest BCUT2D eigenvalue weighted by Crippen LogP contribution is 2.53. The van der Waals surface area contributed by atoms with Crippen LogP contribution in [0.3, 0.4) is 0 Å². The fourth-order valence-corrected chi connectivity index (χ4v) is 8.56. The number of rotatable bonds is 3. The first-order chi connectivity index (χ1) is 17.5. The minimum atomic E-state index is 0.460. The molecular formula is C34H34NS+. The Morgan fingerprint density at radius 3 is 2.47 bits per heavy atom. The van der Waals surface area contributed by atoms with Crippen molar-refractivity contribution >= 4 is 44.1 Å². The van der Waals surface area contributed by atoms with E-state index in [9.17, 15) is 0 Å². The lowest BCUT2D eigenvalue weighted by atomic mass is 9.87. The summed E-state index contributed by atoms with van der Waals surface area (Å²) in [5.74, 6) is 1.33. The predicted octanol–water partition coefficient (Wildman–Crippen LogP) is 9.27. The number of pyridine rings is 1. The van der Waals surface area contributed by atoms with Crippen molar-refractivity contribution in [2.24, 2.45) is 13.0 Å². The van der Waals surface area contributed by atoms with Crippen LogP contribution in [0.2, 0.25) is 0 Å². The Labute approximate surface area is 218 Å². The molecular weight excluding hydrogens is 454 g/mol. The van der Waals surface area contributed by atoms with E-state index in [4.69, 9.17) is 0 Å². The number of benzene rings is 4. The average molecular weight is 489 g/mol. The van der Waals surface area contributed by atoms with Gasteiger partial charge in [-0.2, -0.15) is 0 Å². The van der Waals surface area contributed by atoms with Gasteiger partial charge in [-0.05, 0) is 69.5 Å². The van der Waals surface area contributed by atoms with Crippen molar-refractivity contribution in [1.29, 1.82) is 0 Å². The molecule has 0 unspecified atom stereocenters. The van der Waals surface area contributed by atoms with Crippen LogP contribution < -0.4 is 4.57 Å². The molecule has 2 heterocycles. The molecule has 0 atom stereocenters. The van der Waals surface area contributed by atoms with Crippen molar-refractivity contribution in [3.05, 3.63) is 77.5 Å². The van der Waals surface area contributed by atoms with Gasteiger partial charge in [0.15, 0.2) is 6.20 Å². The SMILES string of the molecule is Cc1c2c(c(C(C)C)c3ccccc13)Sc1cc3ccc(CC4CCCC4)cc3c3cc[n+](C)c-2c13. The van der Waals surface area contributed by atoms with Crippen molar-refractivity contribution in [2.45, 2.75) is 68.6 Å². The second-order valence-corrected chi connectivity index (χ2v) is 12.4. The zero-order chi connectivity index (χ0) is 24.6. The van der Waals surface area contributed by atoms with E-state index < -0.39 is 0 Å². The Morgan fingerprint density at radius 2 is 1.69 bits per heavy atom. The van der Waals surface area contributed by atoms with Crippen molar-refractivity contribution < 1.29 is 4.57 Å². The van der Waals surface area contributed by atoms with Crippen LogP contribution in [0, 0.1) is 12.8 Å². The second-order valence-electron chi connectivity index (χ2n) is 11.4. The van der Waals surface area contributed by atoms with Crippen molar-refractivity contribution in [2.75, 3.05) is 0 Å². The van der Waals surface area contributed by atoms with Crippen molar-refractivity contribution in [1.82, 2.24) is 0 Å². The summed E-state index contributed by atoms with van der Waals surface area (Å²) in [6.07, 6.45) is 9.13. The molecule has 1 aromatic heterocycles. The van der Waals surface area contributed by atoms with E-state index in [1.165, 1.54) is 102 Å². The third-order valence-electron chi connectivity index (χ3n) is 8.76. The van der Waals surface area contributed by atoms with Gasteiger partial charge in [-0.15, -0.1) is 0 Å². The van der Waals surface area contributed by atoms with E-state index in [0.29, 0.717) is 5.92 Å². The lowest BCUT2D eigenvalue weighted by molar-refractivity contribution is -0.659. The number of aryl methyl sites for hydroxylation is 2. The largest absolute Gasteiger partial charge is 0.222 e. The highest BCUT2D eigenvalue weighted by molar-refractivity contribution is 8.00. The lowest BCUT2D eigenvalue weighted by Gasteiger charge is -2.26. The van der Waals surface area contributed by atoms with E-state index >= 15 is 0 Å². The first kappa shape index (κ1) is 22.4. The average Bonchev–Trinajstić information content (AvgIpc) is 3.38. The molecule has 36 heavy (non-hydrogen) atoms. The molecule has 0 N–H and O–H groups in total. The summed E-state index contributed by atoms with van der Waals surface area (Å²) in [6.45, 7) is 7.02. The van der Waals surface area contributed by atoms with Crippen LogP contribution in [0.5, 0.6) is 0 Å². The molecule has 1 aliphatic carbocycles. The minimum absolute atomic E-state index is 0.460. The lowest BCUT2D eigenvalue weighted by Crippen LogP contribution is -2.32. The quantitative estimate of drug-likeness (QED) is 0.177. The molecule has 4 aromatic carbocycles. The van der Waals surface area contributed by atoms with Crippen LogP contribution >= 0.6 is 11.8 Å². The molecule has 1 saturated carbocycles. The predicted molar refractivity (Wildman–Crippen MR) is 154 cm³/mol. The summed E-state index contributed by atoms with van der Waals surface area (Å²) >= 11 is 2.00. The fourth-order valence-electron chi connectivity index (χ4n) is 7.04. The zero-order valence-corrected chi connectivity index (χ0v) is 22.6. The monoisotopic (exact) mass is 488 g/mol. The van der Waals surface area contributed by atoms with Gasteiger partial charge in [0.25, 0.3) is 0 Å². The maximum absolute atomic E-state index is 2.50. The number of aromatic nitrogens is 1. The highest BCUT2D eigenvalue weighted by atomic mass is 32.2. The minimum Gasteiger partial charge on any atom is -0.200 e. The standard InChI is InChI=1S/C34H34NS/c1-20(2)30-26-12-8-7-11-25(26)21(3)31-33-32-27(15-16-35(33)4)28-18-23(17-22-9-5-6-10-22)13-14-24(28)19-29(32)36-34(30)31/h7-8,11-16,18-20,22H,5-6,9-10,17H2,1-4H3/q+1. The smallest absolute Gasteiger partial charge is 0.200 e. The number of hydrogen-bond acceptors (Lipinski definition) is 1. The molecule has 1 nitrogen and oxygen atoms in total. The summed E-state index contributed by atoms with van der Waals surface area (Å²) in [6, 6.07) is 21.1. The van der Waals surface area contributed by atoms with E-state index in [1.807, 2.05) is 11.8 Å². The third kappa shape index (κ3) is 3.27. The zero-order valence-electron chi connectivity index (χ0n) is 21.8. The fraction of sp³-hybridized carbons (Fsp3) is 0.324. The van der Waals surface area contributed by atoms with Crippen molar-refractivity contribution in [3.63, 3.8) is 0 Å². The molecule has 7 rings (SSSR count). The molecule has 1 fully saturated rings. The molecule has 0 spiro atoms. The summed E-state index contributed by atoms with van der Waals surface area (Å²) in [7, 11) is 2.22. The van der Waals surface area contributed by atoms with Crippen LogP contribution in [0.25, 0.3) is 43.6 Å². The Balaban J connectivity index is 1.54. The summed E-state index contributed by atoms with van der Waals surface area (Å²) in [5, 5.41) is 8.41. The van der Waals surface area contributed by atoms with E-state index in [-0.39, 0.29) is 0 Å². The molecule has 5 aromatic rings. The molecule has 0 bridgehead atoms. The molecule has 2 heteroatoms. The topological polar surface area (TPSA) is 3.88 Å². The Hall–Kier alpha value is -2.84. The van der Waals surface area contributed by atoms with Crippen LogP contribution in [0.15, 0.2) is 70.6 Å². The van der Waals surface area contributed by atoms with Gasteiger partial charge in [0.05, 0.1) is 10.9 Å². The van der Waals surface area contributed by atoms with E-state index in [1.54, 1.807) is 0 Å². The highest BCUT2D eigenvalue weighted by Gasteiger charge is 2.32. The third-order valence-corrected chi connectivity index (χ3v) is 9.93. The number of fused-ring (bicyclic) bond motifs is 5. The molecule has 0 amide bonds. The van der Waals surface area contributed by atoms with Gasteiger partial charge in [-0.1, -0.05) is 93.8 Å². The Bertz CT molecular complexity index is 1690. The Morgan fingerprint density at radius 1 is 0.917 bits per heavy atom. The van der Waals surface area contributed by atoms with E-state index in [0.717, 1.165) is 5.92 Å². The maximum Gasteiger partial charge on any atom is 0.222 e. The van der Waals surface area contributed by atoms with Gasteiger partial charge >= 0.3 is 0 Å². The summed E-state index contributed by atoms with van der Waals surface area (Å²) in [4.78, 5) is 2.85. The van der Waals surface area contributed by atoms with Crippen LogP contribution in [-0.2, 0) is 13.5 Å². The normalized spacial score (nSPS) is 15.5. The van der Waals surface area contributed by atoms with Gasteiger partial charge in [0, 0.05) is 21.2 Å². The van der Waals surface area contributed by atoms with E-state index in [2.05, 4.69) is 93.2 Å². The van der Waals surface area contributed by atoms with Gasteiger partial charge in [0.1, 0.15) is 7.05 Å². The molecule has 2 aliphatic rings. The second kappa shape index (κ2) is 8.35. The molecule has 1 aliphatic heterocycles. The van der Waals surface area contributed by atoms with Gasteiger partial charge < -0.3 is 0 Å². The molecule has 180 valence electrons.